The number of likely N-dealkylation sites (N-methyl/N-ethyl adjacent to an activating group) is 1. The number of hydrogen-bond acceptors (Lipinski definition) is 3. The summed E-state index contributed by atoms with van der Waals surface area (Å²) in [5, 5.41) is 4.67. The number of thioether (sulfide) groups is 1. The van der Waals surface area contributed by atoms with E-state index in [2.05, 4.69) is 36.1 Å². The van der Waals surface area contributed by atoms with Crippen molar-refractivity contribution in [3.05, 3.63) is 29.6 Å². The summed E-state index contributed by atoms with van der Waals surface area (Å²) in [5.74, 6) is 1.86. The fourth-order valence-corrected chi connectivity index (χ4v) is 5.41. The van der Waals surface area contributed by atoms with Crippen LogP contribution >= 0.6 is 11.8 Å². The zero-order valence-corrected chi connectivity index (χ0v) is 14.0. The van der Waals surface area contributed by atoms with Crippen molar-refractivity contribution in [2.75, 3.05) is 12.3 Å². The molecule has 1 heterocycles. The Kier molecular flexibility index (Phi) is 5.59. The highest BCUT2D eigenvalue weighted by Crippen LogP contribution is 2.36. The minimum Gasteiger partial charge on any atom is -0.313 e. The molecular formula is C18H28N2S. The Balaban J connectivity index is 1.68. The van der Waals surface area contributed by atoms with Gasteiger partial charge in [0.25, 0.3) is 0 Å². The molecule has 0 aromatic carbocycles. The third kappa shape index (κ3) is 3.81. The van der Waals surface area contributed by atoms with Gasteiger partial charge in [-0.1, -0.05) is 25.8 Å². The molecule has 1 aromatic heterocycles. The lowest BCUT2D eigenvalue weighted by Crippen LogP contribution is -2.39. The van der Waals surface area contributed by atoms with E-state index in [9.17, 15) is 0 Å². The van der Waals surface area contributed by atoms with Crippen molar-refractivity contribution >= 4 is 11.8 Å². The van der Waals surface area contributed by atoms with Gasteiger partial charge in [0.15, 0.2) is 0 Å². The molecule has 3 heteroatoms. The van der Waals surface area contributed by atoms with Crippen LogP contribution in [0.4, 0.5) is 0 Å². The molecule has 2 aliphatic rings. The predicted octanol–water partition coefficient (Wildman–Crippen LogP) is 4.16. The van der Waals surface area contributed by atoms with Crippen LogP contribution < -0.4 is 5.32 Å². The van der Waals surface area contributed by atoms with Gasteiger partial charge in [-0.3, -0.25) is 4.98 Å². The van der Waals surface area contributed by atoms with Gasteiger partial charge in [-0.05, 0) is 50.3 Å². The quantitative estimate of drug-likeness (QED) is 0.854. The molecule has 116 valence electrons. The van der Waals surface area contributed by atoms with Crippen molar-refractivity contribution in [2.45, 2.75) is 69.1 Å². The minimum atomic E-state index is 0.592. The summed E-state index contributed by atoms with van der Waals surface area (Å²) in [7, 11) is 0. The SMILES string of the molecule is CCNC(CSC1CCCC1)C1CCCc2cccnc21. The second-order valence-corrected chi connectivity index (χ2v) is 7.78. The Morgan fingerprint density at radius 3 is 2.95 bits per heavy atom. The lowest BCUT2D eigenvalue weighted by Gasteiger charge is -2.32. The summed E-state index contributed by atoms with van der Waals surface area (Å²) in [5.41, 5.74) is 2.87. The van der Waals surface area contributed by atoms with Crippen molar-refractivity contribution in [2.24, 2.45) is 0 Å². The Morgan fingerprint density at radius 1 is 1.29 bits per heavy atom. The van der Waals surface area contributed by atoms with Gasteiger partial charge in [0.05, 0.1) is 0 Å². The number of aromatic nitrogens is 1. The van der Waals surface area contributed by atoms with E-state index in [1.54, 1.807) is 0 Å². The molecule has 1 fully saturated rings. The maximum atomic E-state index is 4.73. The van der Waals surface area contributed by atoms with Crippen molar-refractivity contribution in [1.29, 1.82) is 0 Å². The number of aryl methyl sites for hydroxylation is 1. The molecule has 1 saturated carbocycles. The van der Waals surface area contributed by atoms with Crippen molar-refractivity contribution in [1.82, 2.24) is 10.3 Å². The van der Waals surface area contributed by atoms with E-state index in [1.165, 1.54) is 62.0 Å². The lowest BCUT2D eigenvalue weighted by molar-refractivity contribution is 0.417. The van der Waals surface area contributed by atoms with Gasteiger partial charge in [0.1, 0.15) is 0 Å². The molecule has 0 radical (unpaired) electrons. The van der Waals surface area contributed by atoms with Crippen LogP contribution in [0.1, 0.15) is 62.6 Å². The summed E-state index contributed by atoms with van der Waals surface area (Å²) in [4.78, 5) is 4.73. The predicted molar refractivity (Wildman–Crippen MR) is 92.1 cm³/mol. The van der Waals surface area contributed by atoms with Crippen LogP contribution in [0.15, 0.2) is 18.3 Å². The second-order valence-electron chi connectivity index (χ2n) is 6.45. The Labute approximate surface area is 133 Å². The van der Waals surface area contributed by atoms with Gasteiger partial charge in [-0.15, -0.1) is 0 Å². The minimum absolute atomic E-state index is 0.592. The zero-order valence-electron chi connectivity index (χ0n) is 13.2. The second kappa shape index (κ2) is 7.64. The molecule has 0 amide bonds. The van der Waals surface area contributed by atoms with Crippen molar-refractivity contribution in [3.63, 3.8) is 0 Å². The van der Waals surface area contributed by atoms with E-state index in [0.29, 0.717) is 12.0 Å². The Hall–Kier alpha value is -0.540. The van der Waals surface area contributed by atoms with E-state index in [0.717, 1.165) is 11.8 Å². The van der Waals surface area contributed by atoms with Gasteiger partial charge in [0, 0.05) is 34.9 Å². The van der Waals surface area contributed by atoms with Crippen LogP contribution in [0.5, 0.6) is 0 Å². The highest BCUT2D eigenvalue weighted by atomic mass is 32.2. The molecular weight excluding hydrogens is 276 g/mol. The van der Waals surface area contributed by atoms with Crippen molar-refractivity contribution in [3.8, 4) is 0 Å². The molecule has 0 saturated heterocycles. The van der Waals surface area contributed by atoms with E-state index in [-0.39, 0.29) is 0 Å². The van der Waals surface area contributed by atoms with Gasteiger partial charge in [0.2, 0.25) is 0 Å². The van der Waals surface area contributed by atoms with Gasteiger partial charge in [-0.2, -0.15) is 11.8 Å². The van der Waals surface area contributed by atoms with Gasteiger partial charge < -0.3 is 5.32 Å². The fourth-order valence-electron chi connectivity index (χ4n) is 3.91. The van der Waals surface area contributed by atoms with Crippen LogP contribution in [-0.2, 0) is 6.42 Å². The highest BCUT2D eigenvalue weighted by Gasteiger charge is 2.29. The maximum Gasteiger partial charge on any atom is 0.0482 e. The van der Waals surface area contributed by atoms with E-state index >= 15 is 0 Å². The molecule has 0 spiro atoms. The van der Waals surface area contributed by atoms with E-state index in [1.807, 2.05) is 6.20 Å². The number of nitrogens with zero attached hydrogens (tertiary/aromatic N) is 1. The molecule has 1 N–H and O–H groups in total. The number of pyridine rings is 1. The summed E-state index contributed by atoms with van der Waals surface area (Å²) in [6, 6.07) is 4.97. The molecule has 21 heavy (non-hydrogen) atoms. The first-order valence-electron chi connectivity index (χ1n) is 8.67. The third-order valence-electron chi connectivity index (χ3n) is 5.00. The molecule has 2 aliphatic carbocycles. The van der Waals surface area contributed by atoms with Crippen LogP contribution in [0.2, 0.25) is 0 Å². The average Bonchev–Trinajstić information content (AvgIpc) is 3.04. The van der Waals surface area contributed by atoms with Gasteiger partial charge in [-0.25, -0.2) is 0 Å². The van der Waals surface area contributed by atoms with E-state index in [4.69, 9.17) is 4.98 Å². The lowest BCUT2D eigenvalue weighted by atomic mass is 9.82. The van der Waals surface area contributed by atoms with Crippen LogP contribution in [-0.4, -0.2) is 28.6 Å². The molecule has 2 unspecified atom stereocenters. The number of fused-ring (bicyclic) bond motifs is 1. The summed E-state index contributed by atoms with van der Waals surface area (Å²) < 4.78 is 0. The largest absolute Gasteiger partial charge is 0.313 e. The molecule has 1 aromatic rings. The Morgan fingerprint density at radius 2 is 2.14 bits per heavy atom. The van der Waals surface area contributed by atoms with Crippen LogP contribution in [0, 0.1) is 0 Å². The number of hydrogen-bond donors (Lipinski definition) is 1. The molecule has 2 atom stereocenters. The Bertz CT molecular complexity index is 443. The standard InChI is InChI=1S/C18H28N2S/c1-2-19-17(13-21-15-9-3-4-10-15)16-11-5-7-14-8-6-12-20-18(14)16/h6,8,12,15-17,19H,2-5,7,9-11,13H2,1H3. The first-order chi connectivity index (χ1) is 10.4. The first kappa shape index (κ1) is 15.4. The fraction of sp³-hybridized carbons (Fsp3) is 0.722. The van der Waals surface area contributed by atoms with Crippen LogP contribution in [0.3, 0.4) is 0 Å². The molecule has 2 nitrogen and oxygen atoms in total. The first-order valence-corrected chi connectivity index (χ1v) is 9.72. The van der Waals surface area contributed by atoms with Gasteiger partial charge >= 0.3 is 0 Å². The van der Waals surface area contributed by atoms with Crippen molar-refractivity contribution < 1.29 is 0 Å². The number of nitrogens with one attached hydrogen (secondary N) is 1. The normalized spacial score (nSPS) is 24.0. The zero-order chi connectivity index (χ0) is 14.5. The molecule has 0 bridgehead atoms. The van der Waals surface area contributed by atoms with E-state index < -0.39 is 0 Å². The summed E-state index contributed by atoms with van der Waals surface area (Å²) in [6.45, 7) is 3.30. The molecule has 0 aliphatic heterocycles. The summed E-state index contributed by atoms with van der Waals surface area (Å²) in [6.07, 6.45) is 11.6. The number of rotatable bonds is 6. The summed E-state index contributed by atoms with van der Waals surface area (Å²) >= 11 is 2.21. The molecule has 3 rings (SSSR count). The highest BCUT2D eigenvalue weighted by molar-refractivity contribution is 7.99. The monoisotopic (exact) mass is 304 g/mol. The smallest absolute Gasteiger partial charge is 0.0482 e. The maximum absolute atomic E-state index is 4.73. The average molecular weight is 305 g/mol. The third-order valence-corrected chi connectivity index (χ3v) is 6.50. The van der Waals surface area contributed by atoms with Crippen LogP contribution in [0.25, 0.3) is 0 Å². The topological polar surface area (TPSA) is 24.9 Å².